The van der Waals surface area contributed by atoms with Crippen LogP contribution in [0.1, 0.15) is 31.7 Å². The third-order valence-electron chi connectivity index (χ3n) is 2.24. The summed E-state index contributed by atoms with van der Waals surface area (Å²) in [6.07, 6.45) is 0.785. The number of carbonyl (C=O) groups is 1. The maximum absolute atomic E-state index is 11.3. The third kappa shape index (κ3) is 2.49. The number of benzene rings is 1. The molecule has 3 heteroatoms. The van der Waals surface area contributed by atoms with E-state index in [1.165, 1.54) is 0 Å². The Kier molecular flexibility index (Phi) is 3.97. The summed E-state index contributed by atoms with van der Waals surface area (Å²) < 4.78 is 0. The van der Waals surface area contributed by atoms with Crippen LogP contribution in [0.15, 0.2) is 18.2 Å². The van der Waals surface area contributed by atoms with E-state index in [2.05, 4.69) is 0 Å². The van der Waals surface area contributed by atoms with Crippen molar-refractivity contribution < 1.29 is 4.79 Å². The maximum atomic E-state index is 11.3. The zero-order valence-corrected chi connectivity index (χ0v) is 9.69. The van der Waals surface area contributed by atoms with E-state index in [4.69, 9.17) is 23.2 Å². The van der Waals surface area contributed by atoms with E-state index >= 15 is 0 Å². The Morgan fingerprint density at radius 2 is 2.00 bits per heavy atom. The molecule has 0 bridgehead atoms. The molecule has 0 N–H and O–H groups in total. The fraction of sp³-hybridized carbons (Fsp3) is 0.364. The summed E-state index contributed by atoms with van der Waals surface area (Å²) in [6, 6.07) is 5.34. The average Bonchev–Trinajstić information content (AvgIpc) is 2.11. The summed E-state index contributed by atoms with van der Waals surface area (Å²) in [7, 11) is 0. The molecule has 0 aliphatic carbocycles. The monoisotopic (exact) mass is 230 g/mol. The van der Waals surface area contributed by atoms with Gasteiger partial charge in [0.2, 0.25) is 0 Å². The standard InChI is InChI=1S/C11H12Cl2O/c1-3-9(7(2)14)8-4-5-10(12)11(13)6-8/h4-6,9H,3H2,1-2H3. The Balaban J connectivity index is 3.06. The number of halogens is 2. The predicted molar refractivity (Wildman–Crippen MR) is 60.2 cm³/mol. The van der Waals surface area contributed by atoms with Gasteiger partial charge < -0.3 is 0 Å². The topological polar surface area (TPSA) is 17.1 Å². The number of hydrogen-bond acceptors (Lipinski definition) is 1. The van der Waals surface area contributed by atoms with Crippen LogP contribution in [0.4, 0.5) is 0 Å². The van der Waals surface area contributed by atoms with Crippen LogP contribution < -0.4 is 0 Å². The van der Waals surface area contributed by atoms with Gasteiger partial charge in [-0.25, -0.2) is 0 Å². The first-order valence-electron chi connectivity index (χ1n) is 4.51. The molecule has 0 heterocycles. The van der Waals surface area contributed by atoms with Crippen LogP contribution in [-0.4, -0.2) is 5.78 Å². The molecule has 0 radical (unpaired) electrons. The maximum Gasteiger partial charge on any atom is 0.137 e. The van der Waals surface area contributed by atoms with Crippen LogP contribution in [0.2, 0.25) is 10.0 Å². The Bertz CT molecular complexity index is 347. The van der Waals surface area contributed by atoms with Gasteiger partial charge in [-0.05, 0) is 31.0 Å². The molecule has 0 aliphatic heterocycles. The molecule has 0 saturated heterocycles. The minimum atomic E-state index is -0.0650. The number of hydrogen-bond donors (Lipinski definition) is 0. The first-order chi connectivity index (χ1) is 6.56. The molecule has 0 saturated carbocycles. The fourth-order valence-electron chi connectivity index (χ4n) is 1.49. The van der Waals surface area contributed by atoms with E-state index in [-0.39, 0.29) is 11.7 Å². The Hall–Kier alpha value is -0.530. The van der Waals surface area contributed by atoms with Gasteiger partial charge in [0, 0.05) is 5.92 Å². The second kappa shape index (κ2) is 4.81. The largest absolute Gasteiger partial charge is 0.299 e. The average molecular weight is 231 g/mol. The molecule has 0 aromatic heterocycles. The molecule has 0 spiro atoms. The lowest BCUT2D eigenvalue weighted by atomic mass is 9.93. The van der Waals surface area contributed by atoms with Gasteiger partial charge in [-0.1, -0.05) is 36.2 Å². The van der Waals surface area contributed by atoms with Gasteiger partial charge in [0.05, 0.1) is 10.0 Å². The van der Waals surface area contributed by atoms with E-state index < -0.39 is 0 Å². The molecule has 14 heavy (non-hydrogen) atoms. The normalized spacial score (nSPS) is 12.6. The zero-order valence-electron chi connectivity index (χ0n) is 8.18. The molecule has 1 unspecified atom stereocenters. The highest BCUT2D eigenvalue weighted by molar-refractivity contribution is 6.42. The summed E-state index contributed by atoms with van der Waals surface area (Å²) >= 11 is 11.7. The van der Waals surface area contributed by atoms with Gasteiger partial charge in [-0.2, -0.15) is 0 Å². The SMILES string of the molecule is CCC(C(C)=O)c1ccc(Cl)c(Cl)c1. The van der Waals surface area contributed by atoms with Crippen LogP contribution in [-0.2, 0) is 4.79 Å². The molecule has 1 nitrogen and oxygen atoms in total. The second-order valence-corrected chi connectivity index (χ2v) is 4.06. The van der Waals surface area contributed by atoms with Gasteiger partial charge in [0.1, 0.15) is 5.78 Å². The highest BCUT2D eigenvalue weighted by Crippen LogP contribution is 2.28. The van der Waals surface area contributed by atoms with E-state index in [1.807, 2.05) is 13.0 Å². The molecule has 0 amide bonds. The van der Waals surface area contributed by atoms with Crippen molar-refractivity contribution in [1.29, 1.82) is 0 Å². The minimum Gasteiger partial charge on any atom is -0.299 e. The van der Waals surface area contributed by atoms with E-state index in [0.717, 1.165) is 12.0 Å². The molecular weight excluding hydrogens is 219 g/mol. The molecule has 1 atom stereocenters. The summed E-state index contributed by atoms with van der Waals surface area (Å²) in [6.45, 7) is 3.57. The van der Waals surface area contributed by atoms with Crippen LogP contribution >= 0.6 is 23.2 Å². The number of carbonyl (C=O) groups excluding carboxylic acids is 1. The van der Waals surface area contributed by atoms with Crippen LogP contribution in [0.25, 0.3) is 0 Å². The zero-order chi connectivity index (χ0) is 10.7. The summed E-state index contributed by atoms with van der Waals surface area (Å²) in [4.78, 5) is 11.3. The van der Waals surface area contributed by atoms with Crippen molar-refractivity contribution in [3.05, 3.63) is 33.8 Å². The Morgan fingerprint density at radius 3 is 2.43 bits per heavy atom. The van der Waals surface area contributed by atoms with Crippen molar-refractivity contribution in [2.75, 3.05) is 0 Å². The van der Waals surface area contributed by atoms with Crippen molar-refractivity contribution in [2.24, 2.45) is 0 Å². The van der Waals surface area contributed by atoms with Gasteiger partial charge in [0.15, 0.2) is 0 Å². The summed E-state index contributed by atoms with van der Waals surface area (Å²) in [5.41, 5.74) is 0.939. The summed E-state index contributed by atoms with van der Waals surface area (Å²) in [5, 5.41) is 1.03. The lowest BCUT2D eigenvalue weighted by Gasteiger charge is -2.12. The molecule has 76 valence electrons. The molecule has 1 aromatic rings. The first kappa shape index (κ1) is 11.5. The molecule has 1 rings (SSSR count). The van der Waals surface area contributed by atoms with E-state index in [0.29, 0.717) is 10.0 Å². The Morgan fingerprint density at radius 1 is 1.36 bits per heavy atom. The lowest BCUT2D eigenvalue weighted by Crippen LogP contribution is -2.07. The van der Waals surface area contributed by atoms with Gasteiger partial charge in [0.25, 0.3) is 0 Å². The van der Waals surface area contributed by atoms with Gasteiger partial charge in [-0.3, -0.25) is 4.79 Å². The van der Waals surface area contributed by atoms with Crippen molar-refractivity contribution in [3.8, 4) is 0 Å². The molecule has 0 fully saturated rings. The van der Waals surface area contributed by atoms with Crippen molar-refractivity contribution >= 4 is 29.0 Å². The van der Waals surface area contributed by atoms with Gasteiger partial charge in [-0.15, -0.1) is 0 Å². The lowest BCUT2D eigenvalue weighted by molar-refractivity contribution is -0.118. The van der Waals surface area contributed by atoms with Gasteiger partial charge >= 0.3 is 0 Å². The molecule has 1 aromatic carbocycles. The van der Waals surface area contributed by atoms with Crippen molar-refractivity contribution in [3.63, 3.8) is 0 Å². The van der Waals surface area contributed by atoms with Crippen LogP contribution in [0.5, 0.6) is 0 Å². The van der Waals surface area contributed by atoms with E-state index in [1.54, 1.807) is 19.1 Å². The number of Topliss-reactive ketones (excluding diaryl/α,β-unsaturated/α-hetero) is 1. The van der Waals surface area contributed by atoms with E-state index in [9.17, 15) is 4.79 Å². The van der Waals surface area contributed by atoms with Crippen molar-refractivity contribution in [1.82, 2.24) is 0 Å². The van der Waals surface area contributed by atoms with Crippen molar-refractivity contribution in [2.45, 2.75) is 26.2 Å². The number of ketones is 1. The quantitative estimate of drug-likeness (QED) is 0.766. The number of rotatable bonds is 3. The van der Waals surface area contributed by atoms with Crippen LogP contribution in [0.3, 0.4) is 0 Å². The highest BCUT2D eigenvalue weighted by Gasteiger charge is 2.15. The van der Waals surface area contributed by atoms with Crippen LogP contribution in [0, 0.1) is 0 Å². The fourth-order valence-corrected chi connectivity index (χ4v) is 1.79. The predicted octanol–water partition coefficient (Wildman–Crippen LogP) is 4.08. The third-order valence-corrected chi connectivity index (χ3v) is 2.98. The second-order valence-electron chi connectivity index (χ2n) is 3.25. The molecular formula is C11H12Cl2O. The minimum absolute atomic E-state index is 0.0650. The Labute approximate surface area is 94.0 Å². The first-order valence-corrected chi connectivity index (χ1v) is 5.27. The highest BCUT2D eigenvalue weighted by atomic mass is 35.5. The molecule has 0 aliphatic rings. The smallest absolute Gasteiger partial charge is 0.137 e. The summed E-state index contributed by atoms with van der Waals surface area (Å²) in [5.74, 6) is 0.0932.